The van der Waals surface area contributed by atoms with Crippen molar-refractivity contribution in [1.82, 2.24) is 5.43 Å². The van der Waals surface area contributed by atoms with Crippen molar-refractivity contribution >= 4 is 44.6 Å². The molecule has 0 heterocycles. The van der Waals surface area contributed by atoms with Crippen LogP contribution in [0.5, 0.6) is 11.5 Å². The molecule has 0 unspecified atom stereocenters. The molecular weight excluding hydrogens is 566 g/mol. The minimum Gasteiger partial charge on any atom is -0.497 e. The number of rotatable bonds is 9. The van der Waals surface area contributed by atoms with E-state index in [1.54, 1.807) is 49.6 Å². The quantitative estimate of drug-likeness (QED) is 0.0944. The number of ether oxygens (including phenoxy) is 2. The number of esters is 1. The van der Waals surface area contributed by atoms with E-state index in [2.05, 4.69) is 15.2 Å². The summed E-state index contributed by atoms with van der Waals surface area (Å²) in [7, 11) is -2.23. The normalized spacial score (nSPS) is 11.3. The van der Waals surface area contributed by atoms with E-state index in [0.29, 0.717) is 22.6 Å². The summed E-state index contributed by atoms with van der Waals surface area (Å²) in [6.45, 7) is 1.87. The predicted octanol–water partition coefficient (Wildman–Crippen LogP) is 5.94. The molecule has 0 atom stereocenters. The molecule has 5 aromatic carbocycles. The van der Waals surface area contributed by atoms with Crippen molar-refractivity contribution in [1.29, 1.82) is 0 Å². The molecule has 0 aromatic heterocycles. The number of methoxy groups -OCH3 is 1. The van der Waals surface area contributed by atoms with E-state index in [-0.39, 0.29) is 16.2 Å². The molecule has 1 amide bonds. The molecule has 0 radical (unpaired) electrons. The third-order valence-electron chi connectivity index (χ3n) is 6.55. The van der Waals surface area contributed by atoms with E-state index in [0.717, 1.165) is 16.3 Å². The number of aryl methyl sites for hydroxylation is 1. The standard InChI is InChI=1S/C33H27N3O6S/c1-22-7-18-28(19-8-22)43(39,40)36-26-14-9-24(10-15-26)32(37)35-34-21-30-29-6-4-3-5-23(29)13-20-31(30)42-33(38)25-11-16-27(41-2)17-12-25/h3-21,36H,1-2H3,(H,35,37). The van der Waals surface area contributed by atoms with Gasteiger partial charge in [-0.3, -0.25) is 9.52 Å². The van der Waals surface area contributed by atoms with Crippen molar-refractivity contribution in [3.05, 3.63) is 131 Å². The smallest absolute Gasteiger partial charge is 0.343 e. The Kier molecular flexibility index (Phi) is 8.49. The van der Waals surface area contributed by atoms with Gasteiger partial charge in [0.2, 0.25) is 0 Å². The number of sulfonamides is 1. The van der Waals surface area contributed by atoms with Crippen LogP contribution in [0.4, 0.5) is 5.69 Å². The zero-order chi connectivity index (χ0) is 30.4. The molecule has 0 spiro atoms. The van der Waals surface area contributed by atoms with Crippen LogP contribution in [0.2, 0.25) is 0 Å². The molecule has 0 aliphatic heterocycles. The molecule has 5 rings (SSSR count). The Labute approximate surface area is 248 Å². The van der Waals surface area contributed by atoms with Crippen LogP contribution < -0.4 is 19.6 Å². The second-order valence-electron chi connectivity index (χ2n) is 9.51. The van der Waals surface area contributed by atoms with E-state index in [4.69, 9.17) is 9.47 Å². The zero-order valence-electron chi connectivity index (χ0n) is 23.3. The molecule has 9 nitrogen and oxygen atoms in total. The topological polar surface area (TPSA) is 123 Å². The van der Waals surface area contributed by atoms with E-state index < -0.39 is 21.9 Å². The van der Waals surface area contributed by atoms with Crippen LogP contribution in [0.25, 0.3) is 10.8 Å². The molecule has 0 fully saturated rings. The van der Waals surface area contributed by atoms with Crippen molar-refractivity contribution in [3.63, 3.8) is 0 Å². The summed E-state index contributed by atoms with van der Waals surface area (Å²) in [6.07, 6.45) is 1.42. The summed E-state index contributed by atoms with van der Waals surface area (Å²) in [4.78, 5) is 25.8. The summed E-state index contributed by atoms with van der Waals surface area (Å²) >= 11 is 0. The summed E-state index contributed by atoms with van der Waals surface area (Å²) in [5, 5.41) is 5.78. The van der Waals surface area contributed by atoms with Crippen LogP contribution in [0.1, 0.15) is 31.8 Å². The van der Waals surface area contributed by atoms with E-state index in [1.807, 2.05) is 37.3 Å². The summed E-state index contributed by atoms with van der Waals surface area (Å²) < 4.78 is 38.7. The van der Waals surface area contributed by atoms with Gasteiger partial charge in [-0.2, -0.15) is 5.10 Å². The molecule has 0 saturated heterocycles. The van der Waals surface area contributed by atoms with Gasteiger partial charge in [-0.05, 0) is 84.4 Å². The van der Waals surface area contributed by atoms with Gasteiger partial charge in [-0.15, -0.1) is 0 Å². The number of nitrogens with zero attached hydrogens (tertiary/aromatic N) is 1. The number of carbonyl (C=O) groups is 2. The molecule has 0 aliphatic rings. The molecule has 2 N–H and O–H groups in total. The minimum absolute atomic E-state index is 0.136. The minimum atomic E-state index is -3.78. The lowest BCUT2D eigenvalue weighted by Gasteiger charge is -2.11. The Bertz CT molecular complexity index is 1920. The number of hydrogen-bond donors (Lipinski definition) is 2. The third-order valence-corrected chi connectivity index (χ3v) is 7.95. The van der Waals surface area contributed by atoms with Gasteiger partial charge in [0.15, 0.2) is 0 Å². The maximum absolute atomic E-state index is 12.9. The molecular formula is C33H27N3O6S. The lowest BCUT2D eigenvalue weighted by Crippen LogP contribution is -2.18. The van der Waals surface area contributed by atoms with Crippen molar-refractivity contribution in [2.75, 3.05) is 11.8 Å². The van der Waals surface area contributed by atoms with Crippen LogP contribution in [-0.2, 0) is 10.0 Å². The maximum Gasteiger partial charge on any atom is 0.343 e. The number of benzene rings is 5. The Morgan fingerprint density at radius 3 is 2.16 bits per heavy atom. The fourth-order valence-electron chi connectivity index (χ4n) is 4.22. The lowest BCUT2D eigenvalue weighted by molar-refractivity contribution is 0.0734. The molecule has 43 heavy (non-hydrogen) atoms. The number of hydrogen-bond acceptors (Lipinski definition) is 7. The second kappa shape index (κ2) is 12.6. The van der Waals surface area contributed by atoms with Gasteiger partial charge in [0.1, 0.15) is 11.5 Å². The highest BCUT2D eigenvalue weighted by Crippen LogP contribution is 2.28. The average molecular weight is 594 g/mol. The number of anilines is 1. The van der Waals surface area contributed by atoms with E-state index in [9.17, 15) is 18.0 Å². The monoisotopic (exact) mass is 593 g/mol. The van der Waals surface area contributed by atoms with E-state index in [1.165, 1.54) is 42.6 Å². The van der Waals surface area contributed by atoms with Crippen molar-refractivity contribution in [2.45, 2.75) is 11.8 Å². The lowest BCUT2D eigenvalue weighted by atomic mass is 10.0. The Morgan fingerprint density at radius 1 is 0.791 bits per heavy atom. The van der Waals surface area contributed by atoms with Crippen molar-refractivity contribution in [2.24, 2.45) is 5.10 Å². The Balaban J connectivity index is 1.30. The number of amides is 1. The highest BCUT2D eigenvalue weighted by atomic mass is 32.2. The summed E-state index contributed by atoms with van der Waals surface area (Å²) in [6, 6.07) is 30.0. The van der Waals surface area contributed by atoms with Crippen molar-refractivity contribution in [3.8, 4) is 11.5 Å². The largest absolute Gasteiger partial charge is 0.497 e. The molecule has 10 heteroatoms. The molecule has 216 valence electrons. The first-order valence-corrected chi connectivity index (χ1v) is 14.6. The van der Waals surface area contributed by atoms with Crippen LogP contribution in [0.15, 0.2) is 119 Å². The molecule has 5 aromatic rings. The summed E-state index contributed by atoms with van der Waals surface area (Å²) in [5.74, 6) is -0.192. The zero-order valence-corrected chi connectivity index (χ0v) is 24.1. The highest BCUT2D eigenvalue weighted by Gasteiger charge is 2.16. The van der Waals surface area contributed by atoms with Crippen LogP contribution >= 0.6 is 0 Å². The summed E-state index contributed by atoms with van der Waals surface area (Å²) in [5.41, 5.74) is 4.83. The molecule has 0 saturated carbocycles. The number of fused-ring (bicyclic) bond motifs is 1. The van der Waals surface area contributed by atoms with Gasteiger partial charge in [0.25, 0.3) is 15.9 Å². The number of nitrogens with one attached hydrogen (secondary N) is 2. The Morgan fingerprint density at radius 2 is 1.47 bits per heavy atom. The first-order chi connectivity index (χ1) is 20.7. The maximum atomic E-state index is 12.9. The predicted molar refractivity (Wildman–Crippen MR) is 165 cm³/mol. The van der Waals surface area contributed by atoms with Crippen LogP contribution in [0.3, 0.4) is 0 Å². The van der Waals surface area contributed by atoms with Gasteiger partial charge in [0, 0.05) is 16.8 Å². The fraction of sp³-hybridized carbons (Fsp3) is 0.0606. The first kappa shape index (κ1) is 29.0. The van der Waals surface area contributed by atoms with Crippen molar-refractivity contribution < 1.29 is 27.5 Å². The van der Waals surface area contributed by atoms with Crippen LogP contribution in [-0.4, -0.2) is 33.6 Å². The molecule has 0 aliphatic carbocycles. The van der Waals surface area contributed by atoms with Gasteiger partial charge in [0.05, 0.1) is 23.8 Å². The van der Waals surface area contributed by atoms with Gasteiger partial charge in [-0.25, -0.2) is 18.6 Å². The number of hydrazone groups is 1. The fourth-order valence-corrected chi connectivity index (χ4v) is 5.28. The highest BCUT2D eigenvalue weighted by molar-refractivity contribution is 7.92. The molecule has 0 bridgehead atoms. The first-order valence-electron chi connectivity index (χ1n) is 13.1. The average Bonchev–Trinajstić information content (AvgIpc) is 3.02. The number of carbonyl (C=O) groups excluding carboxylic acids is 2. The van der Waals surface area contributed by atoms with Gasteiger partial charge in [-0.1, -0.05) is 48.0 Å². The van der Waals surface area contributed by atoms with Gasteiger partial charge >= 0.3 is 5.97 Å². The van der Waals surface area contributed by atoms with Gasteiger partial charge < -0.3 is 9.47 Å². The van der Waals surface area contributed by atoms with E-state index >= 15 is 0 Å². The third kappa shape index (κ3) is 6.88. The van der Waals surface area contributed by atoms with Crippen LogP contribution in [0, 0.1) is 6.92 Å². The second-order valence-corrected chi connectivity index (χ2v) is 11.2. The SMILES string of the molecule is COc1ccc(C(=O)Oc2ccc3ccccc3c2C=NNC(=O)c2ccc(NS(=O)(=O)c3ccc(C)cc3)cc2)cc1. The Hall–Kier alpha value is -5.48.